The zero-order valence-corrected chi connectivity index (χ0v) is 10.1. The Kier molecular flexibility index (Phi) is 3.44. The van der Waals surface area contributed by atoms with E-state index in [9.17, 15) is 4.79 Å². The van der Waals surface area contributed by atoms with Crippen molar-refractivity contribution in [2.75, 3.05) is 0 Å². The molecule has 4 heteroatoms. The first-order chi connectivity index (χ1) is 8.15. The minimum Gasteiger partial charge on any atom is -0.478 e. The summed E-state index contributed by atoms with van der Waals surface area (Å²) in [7, 11) is 0. The Morgan fingerprint density at radius 3 is 2.47 bits per heavy atom. The van der Waals surface area contributed by atoms with E-state index in [4.69, 9.17) is 5.11 Å². The molecule has 17 heavy (non-hydrogen) atoms. The smallest absolute Gasteiger partial charge is 0.335 e. The number of rotatable bonds is 3. The molecule has 0 atom stereocenters. The van der Waals surface area contributed by atoms with Gasteiger partial charge in [0.2, 0.25) is 0 Å². The van der Waals surface area contributed by atoms with Gasteiger partial charge in [0.25, 0.3) is 0 Å². The number of hydrogen-bond acceptors (Lipinski definition) is 3. The second-order valence-corrected chi connectivity index (χ2v) is 4.71. The van der Waals surface area contributed by atoms with Gasteiger partial charge < -0.3 is 5.11 Å². The van der Waals surface area contributed by atoms with E-state index < -0.39 is 5.97 Å². The molecule has 0 aliphatic heterocycles. The van der Waals surface area contributed by atoms with Crippen molar-refractivity contribution >= 4 is 17.7 Å². The lowest BCUT2D eigenvalue weighted by molar-refractivity contribution is 0.0697. The van der Waals surface area contributed by atoms with Crippen molar-refractivity contribution < 1.29 is 9.90 Å². The molecule has 0 aliphatic carbocycles. The van der Waals surface area contributed by atoms with Crippen LogP contribution in [0.25, 0.3) is 0 Å². The van der Waals surface area contributed by atoms with E-state index in [1.807, 2.05) is 31.2 Å². The summed E-state index contributed by atoms with van der Waals surface area (Å²) in [4.78, 5) is 16.9. The van der Waals surface area contributed by atoms with Gasteiger partial charge in [0.15, 0.2) is 0 Å². The number of hydrogen-bond donors (Lipinski definition) is 1. The van der Waals surface area contributed by atoms with E-state index in [1.165, 1.54) is 0 Å². The maximum atomic E-state index is 10.7. The van der Waals surface area contributed by atoms with Gasteiger partial charge in [-0.3, -0.25) is 4.98 Å². The van der Waals surface area contributed by atoms with Crippen molar-refractivity contribution in [1.29, 1.82) is 0 Å². The van der Waals surface area contributed by atoms with Gasteiger partial charge in [-0.25, -0.2) is 4.79 Å². The molecule has 1 aromatic heterocycles. The maximum Gasteiger partial charge on any atom is 0.335 e. The van der Waals surface area contributed by atoms with E-state index in [0.29, 0.717) is 5.56 Å². The van der Waals surface area contributed by atoms with E-state index in [1.54, 1.807) is 30.1 Å². The van der Waals surface area contributed by atoms with Crippen molar-refractivity contribution in [2.24, 2.45) is 0 Å². The van der Waals surface area contributed by atoms with Crippen LogP contribution in [-0.4, -0.2) is 16.1 Å². The van der Waals surface area contributed by atoms with Gasteiger partial charge in [-0.1, -0.05) is 11.8 Å². The third-order valence-corrected chi connectivity index (χ3v) is 3.20. The number of aromatic nitrogens is 1. The molecule has 0 unspecified atom stereocenters. The maximum absolute atomic E-state index is 10.7. The van der Waals surface area contributed by atoms with Gasteiger partial charge in [-0.2, -0.15) is 0 Å². The lowest BCUT2D eigenvalue weighted by Crippen LogP contribution is -1.94. The van der Waals surface area contributed by atoms with Crippen LogP contribution in [0.3, 0.4) is 0 Å². The molecule has 2 aromatic rings. The largest absolute Gasteiger partial charge is 0.478 e. The molecule has 0 bridgehead atoms. The number of aromatic carboxylic acids is 1. The van der Waals surface area contributed by atoms with Crippen LogP contribution in [0.1, 0.15) is 16.1 Å². The summed E-state index contributed by atoms with van der Waals surface area (Å²) in [6, 6.07) is 10.8. The van der Waals surface area contributed by atoms with Crippen LogP contribution in [0.15, 0.2) is 52.4 Å². The number of nitrogens with zero attached hydrogens (tertiary/aromatic N) is 1. The van der Waals surface area contributed by atoms with Crippen LogP contribution in [0.4, 0.5) is 0 Å². The molecule has 1 N–H and O–H groups in total. The summed E-state index contributed by atoms with van der Waals surface area (Å²) in [6.07, 6.45) is 1.77. The lowest BCUT2D eigenvalue weighted by Gasteiger charge is -2.02. The molecular formula is C13H11NO2S. The molecule has 1 heterocycles. The summed E-state index contributed by atoms with van der Waals surface area (Å²) in [5.74, 6) is -0.902. The highest BCUT2D eigenvalue weighted by Gasteiger charge is 2.03. The van der Waals surface area contributed by atoms with Crippen LogP contribution in [0.5, 0.6) is 0 Å². The SMILES string of the molecule is Cc1cc(Sc2ccc(C(=O)O)cc2)ccn1. The van der Waals surface area contributed by atoms with Gasteiger partial charge in [0, 0.05) is 21.7 Å². The molecule has 2 rings (SSSR count). The van der Waals surface area contributed by atoms with Gasteiger partial charge in [0.05, 0.1) is 5.56 Å². The summed E-state index contributed by atoms with van der Waals surface area (Å²) in [5.41, 5.74) is 1.28. The number of carboxylic acid groups (broad SMARTS) is 1. The first-order valence-corrected chi connectivity index (χ1v) is 5.91. The zero-order valence-electron chi connectivity index (χ0n) is 9.25. The van der Waals surface area contributed by atoms with E-state index in [-0.39, 0.29) is 0 Å². The zero-order chi connectivity index (χ0) is 12.3. The molecule has 0 fully saturated rings. The van der Waals surface area contributed by atoms with Crippen molar-refractivity contribution in [2.45, 2.75) is 16.7 Å². The van der Waals surface area contributed by atoms with Gasteiger partial charge in [-0.05, 0) is 43.3 Å². The number of aryl methyl sites for hydroxylation is 1. The lowest BCUT2D eigenvalue weighted by atomic mass is 10.2. The van der Waals surface area contributed by atoms with Crippen molar-refractivity contribution in [3.05, 3.63) is 53.9 Å². The monoisotopic (exact) mass is 245 g/mol. The predicted molar refractivity (Wildman–Crippen MR) is 66.5 cm³/mol. The predicted octanol–water partition coefficient (Wildman–Crippen LogP) is 3.24. The fraction of sp³-hybridized carbons (Fsp3) is 0.0769. The second kappa shape index (κ2) is 5.01. The van der Waals surface area contributed by atoms with Crippen LogP contribution in [0, 0.1) is 6.92 Å². The Morgan fingerprint density at radius 1 is 1.18 bits per heavy atom. The summed E-state index contributed by atoms with van der Waals surface area (Å²) in [6.45, 7) is 1.94. The fourth-order valence-electron chi connectivity index (χ4n) is 1.38. The highest BCUT2D eigenvalue weighted by atomic mass is 32.2. The van der Waals surface area contributed by atoms with Crippen LogP contribution in [0.2, 0.25) is 0 Å². The molecule has 0 amide bonds. The molecule has 3 nitrogen and oxygen atoms in total. The standard InChI is InChI=1S/C13H11NO2S/c1-9-8-12(6-7-14-9)17-11-4-2-10(3-5-11)13(15)16/h2-8H,1H3,(H,15,16). The number of benzene rings is 1. The van der Waals surface area contributed by atoms with Crippen LogP contribution >= 0.6 is 11.8 Å². The molecule has 1 aromatic carbocycles. The molecule has 86 valence electrons. The average Bonchev–Trinajstić information content (AvgIpc) is 2.29. The normalized spacial score (nSPS) is 10.2. The van der Waals surface area contributed by atoms with Gasteiger partial charge in [-0.15, -0.1) is 0 Å². The quantitative estimate of drug-likeness (QED) is 0.901. The van der Waals surface area contributed by atoms with Crippen molar-refractivity contribution in [1.82, 2.24) is 4.98 Å². The molecule has 0 saturated heterocycles. The first kappa shape index (κ1) is 11.7. The summed E-state index contributed by atoms with van der Waals surface area (Å²) in [5, 5.41) is 8.79. The van der Waals surface area contributed by atoms with E-state index >= 15 is 0 Å². The average molecular weight is 245 g/mol. The van der Waals surface area contributed by atoms with Gasteiger partial charge >= 0.3 is 5.97 Å². The third-order valence-electron chi connectivity index (χ3n) is 2.21. The molecule has 0 spiro atoms. The first-order valence-electron chi connectivity index (χ1n) is 5.09. The minimum absolute atomic E-state index is 0.306. The third kappa shape index (κ3) is 3.07. The second-order valence-electron chi connectivity index (χ2n) is 3.56. The molecule has 0 saturated carbocycles. The minimum atomic E-state index is -0.902. The Bertz CT molecular complexity index is 537. The van der Waals surface area contributed by atoms with Crippen LogP contribution < -0.4 is 0 Å². The molecule has 0 aliphatic rings. The number of carbonyl (C=O) groups is 1. The van der Waals surface area contributed by atoms with Crippen molar-refractivity contribution in [3.63, 3.8) is 0 Å². The highest BCUT2D eigenvalue weighted by molar-refractivity contribution is 7.99. The topological polar surface area (TPSA) is 50.2 Å². The van der Waals surface area contributed by atoms with Gasteiger partial charge in [0.1, 0.15) is 0 Å². The summed E-state index contributed by atoms with van der Waals surface area (Å²) < 4.78 is 0. The van der Waals surface area contributed by atoms with Crippen LogP contribution in [-0.2, 0) is 0 Å². The Balaban J connectivity index is 2.16. The number of carboxylic acids is 1. The number of pyridine rings is 1. The Morgan fingerprint density at radius 2 is 1.88 bits per heavy atom. The van der Waals surface area contributed by atoms with Crippen molar-refractivity contribution in [3.8, 4) is 0 Å². The fourth-order valence-corrected chi connectivity index (χ4v) is 2.29. The van der Waals surface area contributed by atoms with E-state index in [2.05, 4.69) is 4.98 Å². The molecule has 0 radical (unpaired) electrons. The summed E-state index contributed by atoms with van der Waals surface area (Å²) >= 11 is 1.59. The molecular weight excluding hydrogens is 234 g/mol. The highest BCUT2D eigenvalue weighted by Crippen LogP contribution is 2.27. The Labute approximate surface area is 104 Å². The van der Waals surface area contributed by atoms with E-state index in [0.717, 1.165) is 15.5 Å². The Hall–Kier alpha value is -1.81.